The molecule has 0 saturated heterocycles. The number of benzene rings is 1. The van der Waals surface area contributed by atoms with E-state index in [9.17, 15) is 9.50 Å². The van der Waals surface area contributed by atoms with Crippen LogP contribution in [0.4, 0.5) is 4.39 Å². The summed E-state index contributed by atoms with van der Waals surface area (Å²) >= 11 is 0. The third-order valence-electron chi connectivity index (χ3n) is 3.25. The van der Waals surface area contributed by atoms with E-state index in [1.165, 1.54) is 12.1 Å². The van der Waals surface area contributed by atoms with Gasteiger partial charge in [-0.15, -0.1) is 0 Å². The molecule has 0 aromatic heterocycles. The molecular formula is C13H17FO. The average molecular weight is 208 g/mol. The lowest BCUT2D eigenvalue weighted by Gasteiger charge is -2.22. The lowest BCUT2D eigenvalue weighted by Crippen LogP contribution is -2.27. The van der Waals surface area contributed by atoms with Crippen molar-refractivity contribution in [3.8, 4) is 0 Å². The van der Waals surface area contributed by atoms with E-state index in [1.807, 2.05) is 6.07 Å². The van der Waals surface area contributed by atoms with Gasteiger partial charge >= 0.3 is 0 Å². The van der Waals surface area contributed by atoms with Gasteiger partial charge in [-0.05, 0) is 42.9 Å². The highest BCUT2D eigenvalue weighted by atomic mass is 19.1. The Morgan fingerprint density at radius 1 is 1.53 bits per heavy atom. The summed E-state index contributed by atoms with van der Waals surface area (Å²) in [6, 6.07) is 6.53. The smallest absolute Gasteiger partial charge is 0.123 e. The van der Waals surface area contributed by atoms with Crippen LogP contribution in [0.15, 0.2) is 24.3 Å². The zero-order chi connectivity index (χ0) is 10.9. The van der Waals surface area contributed by atoms with Crippen LogP contribution < -0.4 is 0 Å². The highest BCUT2D eigenvalue weighted by Gasteiger charge is 2.35. The topological polar surface area (TPSA) is 20.2 Å². The maximum Gasteiger partial charge on any atom is 0.123 e. The van der Waals surface area contributed by atoms with E-state index in [2.05, 4.69) is 6.92 Å². The van der Waals surface area contributed by atoms with E-state index in [0.29, 0.717) is 12.3 Å². The Morgan fingerprint density at radius 2 is 2.33 bits per heavy atom. The molecule has 1 aromatic rings. The Balaban J connectivity index is 2.08. The van der Waals surface area contributed by atoms with E-state index in [1.54, 1.807) is 6.07 Å². The summed E-state index contributed by atoms with van der Waals surface area (Å²) in [5, 5.41) is 10.3. The van der Waals surface area contributed by atoms with Gasteiger partial charge in [0.25, 0.3) is 0 Å². The van der Waals surface area contributed by atoms with Crippen LogP contribution in [0.25, 0.3) is 0 Å². The molecule has 1 fully saturated rings. The predicted octanol–water partition coefficient (Wildman–Crippen LogP) is 2.92. The fourth-order valence-electron chi connectivity index (χ4n) is 2.56. The van der Waals surface area contributed by atoms with Gasteiger partial charge in [-0.1, -0.05) is 19.1 Å². The largest absolute Gasteiger partial charge is 0.390 e. The Labute approximate surface area is 89.9 Å². The molecule has 1 nitrogen and oxygen atoms in total. The van der Waals surface area contributed by atoms with Crippen molar-refractivity contribution in [3.05, 3.63) is 35.6 Å². The van der Waals surface area contributed by atoms with Crippen LogP contribution in [0.2, 0.25) is 0 Å². The second kappa shape index (κ2) is 3.93. The molecule has 0 aliphatic heterocycles. The van der Waals surface area contributed by atoms with Crippen LogP contribution in [0.5, 0.6) is 0 Å². The molecule has 1 saturated carbocycles. The highest BCUT2D eigenvalue weighted by Crippen LogP contribution is 2.36. The Bertz CT molecular complexity index is 350. The molecule has 1 aliphatic carbocycles. The summed E-state index contributed by atoms with van der Waals surface area (Å²) in [5.41, 5.74) is 0.291. The second-order valence-corrected chi connectivity index (χ2v) is 4.88. The first kappa shape index (κ1) is 10.6. The number of halogens is 1. The van der Waals surface area contributed by atoms with Crippen molar-refractivity contribution >= 4 is 0 Å². The van der Waals surface area contributed by atoms with Crippen molar-refractivity contribution in [1.29, 1.82) is 0 Å². The van der Waals surface area contributed by atoms with Crippen molar-refractivity contribution in [1.82, 2.24) is 0 Å². The molecule has 0 amide bonds. The van der Waals surface area contributed by atoms with Crippen molar-refractivity contribution < 1.29 is 9.50 Å². The standard InChI is InChI=1S/C13H17FO/c1-10-5-6-13(15,8-10)9-11-3-2-4-12(14)7-11/h2-4,7,10,15H,5-6,8-9H2,1H3. The molecule has 2 heteroatoms. The SMILES string of the molecule is CC1CCC(O)(Cc2cccc(F)c2)C1. The maximum absolute atomic E-state index is 13.0. The molecular weight excluding hydrogens is 191 g/mol. The van der Waals surface area contributed by atoms with Crippen molar-refractivity contribution in [3.63, 3.8) is 0 Å². The molecule has 2 rings (SSSR count). The number of hydrogen-bond donors (Lipinski definition) is 1. The van der Waals surface area contributed by atoms with Gasteiger partial charge in [0.15, 0.2) is 0 Å². The summed E-state index contributed by atoms with van der Waals surface area (Å²) < 4.78 is 13.0. The van der Waals surface area contributed by atoms with Gasteiger partial charge in [0, 0.05) is 6.42 Å². The lowest BCUT2D eigenvalue weighted by atomic mass is 9.92. The van der Waals surface area contributed by atoms with Gasteiger partial charge in [-0.25, -0.2) is 4.39 Å². The normalized spacial score (nSPS) is 30.7. The average Bonchev–Trinajstić information content (AvgIpc) is 2.45. The van der Waals surface area contributed by atoms with Crippen LogP contribution >= 0.6 is 0 Å². The minimum atomic E-state index is -0.604. The van der Waals surface area contributed by atoms with Crippen molar-refractivity contribution in [2.45, 2.75) is 38.2 Å². The highest BCUT2D eigenvalue weighted by molar-refractivity contribution is 5.19. The summed E-state index contributed by atoms with van der Waals surface area (Å²) in [7, 11) is 0. The van der Waals surface area contributed by atoms with Crippen LogP contribution in [0.1, 0.15) is 31.7 Å². The third kappa shape index (κ3) is 2.57. The van der Waals surface area contributed by atoms with Gasteiger partial charge in [-0.3, -0.25) is 0 Å². The van der Waals surface area contributed by atoms with Crippen LogP contribution in [0, 0.1) is 11.7 Å². The third-order valence-corrected chi connectivity index (χ3v) is 3.25. The summed E-state index contributed by atoms with van der Waals surface area (Å²) in [5.74, 6) is 0.366. The lowest BCUT2D eigenvalue weighted by molar-refractivity contribution is 0.0446. The zero-order valence-electron chi connectivity index (χ0n) is 9.04. The monoisotopic (exact) mass is 208 g/mol. The molecule has 0 bridgehead atoms. The van der Waals surface area contributed by atoms with E-state index in [4.69, 9.17) is 0 Å². The first-order chi connectivity index (χ1) is 7.07. The Kier molecular flexibility index (Phi) is 2.79. The zero-order valence-corrected chi connectivity index (χ0v) is 9.04. The fourth-order valence-corrected chi connectivity index (χ4v) is 2.56. The predicted molar refractivity (Wildman–Crippen MR) is 58.1 cm³/mol. The number of aliphatic hydroxyl groups is 1. The molecule has 0 radical (unpaired) electrons. The molecule has 0 spiro atoms. The van der Waals surface area contributed by atoms with Crippen molar-refractivity contribution in [2.24, 2.45) is 5.92 Å². The molecule has 82 valence electrons. The molecule has 1 aromatic carbocycles. The minimum Gasteiger partial charge on any atom is -0.390 e. The number of hydrogen-bond acceptors (Lipinski definition) is 1. The van der Waals surface area contributed by atoms with Gasteiger partial charge < -0.3 is 5.11 Å². The summed E-state index contributed by atoms with van der Waals surface area (Å²) in [6.07, 6.45) is 3.33. The van der Waals surface area contributed by atoms with Crippen LogP contribution in [0.3, 0.4) is 0 Å². The van der Waals surface area contributed by atoms with E-state index in [-0.39, 0.29) is 5.82 Å². The molecule has 15 heavy (non-hydrogen) atoms. The summed E-state index contributed by atoms with van der Waals surface area (Å²) in [6.45, 7) is 2.16. The minimum absolute atomic E-state index is 0.220. The molecule has 1 N–H and O–H groups in total. The van der Waals surface area contributed by atoms with Crippen LogP contribution in [-0.4, -0.2) is 10.7 Å². The van der Waals surface area contributed by atoms with Crippen molar-refractivity contribution in [2.75, 3.05) is 0 Å². The van der Waals surface area contributed by atoms with E-state index in [0.717, 1.165) is 24.8 Å². The van der Waals surface area contributed by atoms with E-state index < -0.39 is 5.60 Å². The maximum atomic E-state index is 13.0. The summed E-state index contributed by atoms with van der Waals surface area (Å²) in [4.78, 5) is 0. The molecule has 2 unspecified atom stereocenters. The molecule has 2 atom stereocenters. The number of rotatable bonds is 2. The molecule has 0 heterocycles. The first-order valence-electron chi connectivity index (χ1n) is 5.54. The molecule has 1 aliphatic rings. The van der Waals surface area contributed by atoms with Gasteiger partial charge in [0.2, 0.25) is 0 Å². The Hall–Kier alpha value is -0.890. The van der Waals surface area contributed by atoms with Gasteiger partial charge in [-0.2, -0.15) is 0 Å². The Morgan fingerprint density at radius 3 is 2.93 bits per heavy atom. The quantitative estimate of drug-likeness (QED) is 0.792. The second-order valence-electron chi connectivity index (χ2n) is 4.88. The van der Waals surface area contributed by atoms with Crippen LogP contribution in [-0.2, 0) is 6.42 Å². The van der Waals surface area contributed by atoms with Gasteiger partial charge in [0.05, 0.1) is 5.60 Å². The fraction of sp³-hybridized carbons (Fsp3) is 0.538. The first-order valence-corrected chi connectivity index (χ1v) is 5.54. The van der Waals surface area contributed by atoms with E-state index >= 15 is 0 Å². The van der Waals surface area contributed by atoms with Gasteiger partial charge in [0.1, 0.15) is 5.82 Å².